The van der Waals surface area contributed by atoms with Crippen LogP contribution < -0.4 is 30.6 Å². The molecule has 3 aromatic carbocycles. The van der Waals surface area contributed by atoms with Crippen molar-refractivity contribution in [1.82, 2.24) is 0 Å². The molecular weight excluding hydrogens is 658 g/mol. The summed E-state index contributed by atoms with van der Waals surface area (Å²) in [7, 11) is 0. The molecule has 38 heavy (non-hydrogen) atoms. The Kier molecular flexibility index (Phi) is 17.5. The average molecular weight is 670 g/mol. The molecule has 0 heterocycles. The maximum absolute atomic E-state index is 10.3. The van der Waals surface area contributed by atoms with Gasteiger partial charge in [0, 0.05) is 0 Å². The van der Waals surface area contributed by atoms with Crippen molar-refractivity contribution in [1.29, 1.82) is 0 Å². The Morgan fingerprint density at radius 2 is 0.474 bits per heavy atom. The average Bonchev–Trinajstić information content (AvgIpc) is 2.85. The van der Waals surface area contributed by atoms with Crippen LogP contribution in [-0.4, -0.2) is 35.8 Å². The molecule has 0 amide bonds. The third kappa shape index (κ3) is 12.8. The Morgan fingerprint density at radius 1 is 0.342 bits per heavy atom. The molecule has 0 atom stereocenters. The maximum atomic E-state index is 10.3. The van der Waals surface area contributed by atoms with Gasteiger partial charge in [0.15, 0.2) is 0 Å². The smallest absolute Gasteiger partial charge is 0.545 e. The van der Waals surface area contributed by atoms with Gasteiger partial charge < -0.3 is 59.4 Å². The number of hydrogen-bond acceptors (Lipinski definition) is 12. The zero-order chi connectivity index (χ0) is 27.4. The van der Waals surface area contributed by atoms with Gasteiger partial charge >= 0.3 is 65.4 Å². The monoisotopic (exact) mass is 670 g/mol. The summed E-state index contributed by atoms with van der Waals surface area (Å²) in [5, 5.41) is 61.5. The number of carboxylic acids is 6. The van der Waals surface area contributed by atoms with Gasteiger partial charge in [-0.05, 0) is 51.6 Å². The third-order valence-electron chi connectivity index (χ3n) is 4.00. The van der Waals surface area contributed by atoms with Gasteiger partial charge in [-0.2, -0.15) is 0 Å². The molecule has 0 aromatic heterocycles. The molecule has 0 bridgehead atoms. The van der Waals surface area contributed by atoms with Gasteiger partial charge in [-0.3, -0.25) is 0 Å². The summed E-state index contributed by atoms with van der Waals surface area (Å²) in [6.07, 6.45) is 0. The molecule has 0 N–H and O–H groups in total. The molecule has 0 aliphatic carbocycles. The van der Waals surface area contributed by atoms with Crippen molar-refractivity contribution in [3.63, 3.8) is 0 Å². The normalized spacial score (nSPS) is 8.84. The van der Waals surface area contributed by atoms with Gasteiger partial charge in [0.2, 0.25) is 0 Å². The summed E-state index contributed by atoms with van der Waals surface area (Å²) in [6, 6.07) is 14.4. The molecule has 12 nitrogen and oxygen atoms in total. The number of carbonyl (C=O) groups excluding carboxylic acids is 6. The first-order valence-corrected chi connectivity index (χ1v) is 9.41. The minimum Gasteiger partial charge on any atom is -0.545 e. The fourth-order valence-electron chi connectivity index (χ4n) is 2.32. The maximum Gasteiger partial charge on any atom is 3.00 e. The molecule has 0 radical (unpaired) electrons. The number of carbonyl (C=O) groups is 6. The van der Waals surface area contributed by atoms with E-state index in [0.717, 1.165) is 18.2 Å². The quantitative estimate of drug-likeness (QED) is 0.240. The van der Waals surface area contributed by atoms with Crippen molar-refractivity contribution in [2.24, 2.45) is 0 Å². The summed E-state index contributed by atoms with van der Waals surface area (Å²) >= 11 is 0. The molecule has 14 heteroatoms. The number of hydrogen-bond donors (Lipinski definition) is 0. The Morgan fingerprint density at radius 3 is 0.579 bits per heavy atom. The van der Waals surface area contributed by atoms with Crippen LogP contribution in [0.25, 0.3) is 0 Å². The van der Waals surface area contributed by atoms with Gasteiger partial charge in [-0.1, -0.05) is 54.6 Å². The minimum absolute atomic E-state index is 0. The van der Waals surface area contributed by atoms with Gasteiger partial charge in [-0.15, -0.1) is 0 Å². The molecule has 0 saturated carbocycles. The second-order valence-corrected chi connectivity index (χ2v) is 6.47. The fraction of sp³-hybridized carbons (Fsp3) is 0. The Balaban J connectivity index is 0. The van der Waals surface area contributed by atoms with Crippen molar-refractivity contribution in [3.8, 4) is 0 Å². The summed E-state index contributed by atoms with van der Waals surface area (Å²) in [4.78, 5) is 61.5. The van der Waals surface area contributed by atoms with Crippen molar-refractivity contribution in [3.05, 3.63) is 106 Å². The Bertz CT molecular complexity index is 1070. The first-order valence-electron chi connectivity index (χ1n) is 9.41. The van der Waals surface area contributed by atoms with Crippen molar-refractivity contribution >= 4 is 35.8 Å². The van der Waals surface area contributed by atoms with Gasteiger partial charge in [0.25, 0.3) is 0 Å². The number of carboxylic acid groups (broad SMARTS) is 6. The second kappa shape index (κ2) is 18.0. The van der Waals surface area contributed by atoms with Crippen molar-refractivity contribution in [2.75, 3.05) is 0 Å². The van der Waals surface area contributed by atoms with E-state index in [2.05, 4.69) is 0 Å². The molecule has 0 aliphatic heterocycles. The zero-order valence-corrected chi connectivity index (χ0v) is 24.7. The summed E-state index contributed by atoms with van der Waals surface area (Å²) < 4.78 is 0. The molecule has 0 aliphatic rings. The van der Waals surface area contributed by atoms with Crippen LogP contribution in [0.3, 0.4) is 0 Å². The van der Waals surface area contributed by atoms with Crippen LogP contribution in [-0.2, 0) is 65.4 Å². The van der Waals surface area contributed by atoms with Gasteiger partial charge in [0.1, 0.15) is 0 Å². The molecule has 186 valence electrons. The molecule has 0 spiro atoms. The van der Waals surface area contributed by atoms with Crippen LogP contribution in [0.1, 0.15) is 62.1 Å². The molecular formula is C24H12O12Y2. The van der Waals surface area contributed by atoms with Gasteiger partial charge in [0.05, 0.1) is 35.8 Å². The second-order valence-electron chi connectivity index (χ2n) is 6.47. The third-order valence-corrected chi connectivity index (χ3v) is 4.00. The van der Waals surface area contributed by atoms with Crippen molar-refractivity contribution in [2.45, 2.75) is 0 Å². The standard InChI is InChI=1S/3C8H6O4.2Y/c3*9-7(10)5-2-1-3-6(4-5)8(11)12;;/h3*1-4H,(H,9,10)(H,11,12);;/q;;;2*+3/p-6. The van der Waals surface area contributed by atoms with E-state index in [9.17, 15) is 59.4 Å². The molecule has 3 aromatic rings. The first-order chi connectivity index (χ1) is 16.8. The van der Waals surface area contributed by atoms with E-state index in [1.807, 2.05) is 0 Å². The number of benzene rings is 3. The Hall–Kier alpha value is -3.31. The van der Waals surface area contributed by atoms with Crippen LogP contribution in [0.4, 0.5) is 0 Å². The van der Waals surface area contributed by atoms with Crippen LogP contribution in [0.15, 0.2) is 72.8 Å². The van der Waals surface area contributed by atoms with E-state index in [0.29, 0.717) is 0 Å². The molecule has 0 fully saturated rings. The predicted octanol–water partition coefficient (Wildman–Crippen LogP) is -4.76. The fourth-order valence-corrected chi connectivity index (χ4v) is 2.32. The zero-order valence-electron chi connectivity index (χ0n) is 19.0. The van der Waals surface area contributed by atoms with E-state index in [1.54, 1.807) is 0 Å². The topological polar surface area (TPSA) is 241 Å². The minimum atomic E-state index is -1.40. The van der Waals surface area contributed by atoms with E-state index in [1.165, 1.54) is 54.6 Å². The van der Waals surface area contributed by atoms with E-state index >= 15 is 0 Å². The number of rotatable bonds is 6. The van der Waals surface area contributed by atoms with Crippen LogP contribution in [0.5, 0.6) is 0 Å². The van der Waals surface area contributed by atoms with E-state index in [4.69, 9.17) is 0 Å². The SMILES string of the molecule is O=C([O-])c1cccc(C(=O)[O-])c1.O=C([O-])c1cccc(C(=O)[O-])c1.O=C([O-])c1cccc(C(=O)[O-])c1.[Y+3].[Y+3]. The van der Waals surface area contributed by atoms with Crippen LogP contribution in [0, 0.1) is 0 Å². The number of aromatic carboxylic acids is 6. The van der Waals surface area contributed by atoms with E-state index in [-0.39, 0.29) is 98.8 Å². The summed E-state index contributed by atoms with van der Waals surface area (Å²) in [5.41, 5.74) is -1.02. The van der Waals surface area contributed by atoms with Gasteiger partial charge in [-0.25, -0.2) is 0 Å². The van der Waals surface area contributed by atoms with Crippen LogP contribution >= 0.6 is 0 Å². The van der Waals surface area contributed by atoms with Crippen molar-refractivity contribution < 1.29 is 125 Å². The predicted molar refractivity (Wildman–Crippen MR) is 105 cm³/mol. The van der Waals surface area contributed by atoms with E-state index < -0.39 is 35.8 Å². The Labute approximate surface area is 264 Å². The molecule has 0 saturated heterocycles. The first kappa shape index (κ1) is 36.8. The van der Waals surface area contributed by atoms with Crippen LogP contribution in [0.2, 0.25) is 0 Å². The summed E-state index contributed by atoms with van der Waals surface area (Å²) in [5.74, 6) is -8.43. The molecule has 3 rings (SSSR count). The molecule has 0 unspecified atom stereocenters. The largest absolute Gasteiger partial charge is 3.00 e. The summed E-state index contributed by atoms with van der Waals surface area (Å²) in [6.45, 7) is 0.